The Balaban J connectivity index is 1.25. The molecule has 2 aromatic heterocycles. The number of nitrogens with zero attached hydrogens (tertiary/aromatic N) is 7. The summed E-state index contributed by atoms with van der Waals surface area (Å²) in [5.41, 5.74) is 4.77. The predicted octanol–water partition coefficient (Wildman–Crippen LogP) is 5.67. The van der Waals surface area contributed by atoms with Crippen LogP contribution in [0.25, 0.3) is 10.8 Å². The summed E-state index contributed by atoms with van der Waals surface area (Å²) in [4.78, 5) is 17.0. The van der Waals surface area contributed by atoms with Crippen LogP contribution >= 0.6 is 0 Å². The number of anilines is 2. The Hall–Kier alpha value is -3.92. The monoisotopic (exact) mass is 613 g/mol. The summed E-state index contributed by atoms with van der Waals surface area (Å²) in [5, 5.41) is 17.1. The second-order valence-electron chi connectivity index (χ2n) is 13.6. The highest BCUT2D eigenvalue weighted by Crippen LogP contribution is 2.46. The maximum absolute atomic E-state index is 15.0. The minimum atomic E-state index is -0.214. The van der Waals surface area contributed by atoms with Crippen molar-refractivity contribution in [1.82, 2.24) is 24.6 Å². The number of fused-ring (bicyclic) bond motifs is 2. The van der Waals surface area contributed by atoms with Gasteiger partial charge < -0.3 is 24.5 Å². The zero-order valence-corrected chi connectivity index (χ0v) is 26.9. The first-order valence-corrected chi connectivity index (χ1v) is 16.3. The van der Waals surface area contributed by atoms with Crippen molar-refractivity contribution in [3.63, 3.8) is 0 Å². The number of phenols is 1. The molecule has 1 saturated heterocycles. The Labute approximate surface area is 264 Å². The number of hydrogen-bond donors (Lipinski definition) is 1. The maximum atomic E-state index is 15.0. The molecule has 0 radical (unpaired) electrons. The molecule has 10 heteroatoms. The van der Waals surface area contributed by atoms with Crippen molar-refractivity contribution in [2.24, 2.45) is 5.41 Å². The zero-order chi connectivity index (χ0) is 31.3. The molecule has 2 fully saturated rings. The van der Waals surface area contributed by atoms with E-state index in [4.69, 9.17) is 19.8 Å². The van der Waals surface area contributed by atoms with Crippen molar-refractivity contribution in [3.8, 4) is 11.8 Å². The molecule has 1 unspecified atom stereocenters. The molecule has 4 aromatic rings. The molecular weight excluding hydrogens is 569 g/mol. The van der Waals surface area contributed by atoms with Gasteiger partial charge in [0.05, 0.1) is 30.6 Å². The van der Waals surface area contributed by atoms with Crippen molar-refractivity contribution < 1.29 is 14.2 Å². The van der Waals surface area contributed by atoms with Crippen LogP contribution < -0.4 is 14.5 Å². The first kappa shape index (κ1) is 29.8. The lowest BCUT2D eigenvalue weighted by atomic mass is 9.97. The molecule has 2 aromatic carbocycles. The number of ether oxygens (including phenoxy) is 1. The lowest BCUT2D eigenvalue weighted by Gasteiger charge is -2.37. The van der Waals surface area contributed by atoms with Gasteiger partial charge in [-0.05, 0) is 88.7 Å². The van der Waals surface area contributed by atoms with E-state index >= 15 is 4.39 Å². The van der Waals surface area contributed by atoms with Crippen LogP contribution in [-0.4, -0.2) is 76.6 Å². The van der Waals surface area contributed by atoms with Gasteiger partial charge in [0.1, 0.15) is 17.4 Å². The van der Waals surface area contributed by atoms with Crippen LogP contribution in [0.15, 0.2) is 36.5 Å². The van der Waals surface area contributed by atoms with Gasteiger partial charge in [-0.3, -0.25) is 4.68 Å². The summed E-state index contributed by atoms with van der Waals surface area (Å²) in [6, 6.07) is 9.51. The van der Waals surface area contributed by atoms with Gasteiger partial charge in [0.25, 0.3) is 0 Å². The standard InChI is InChI=1S/C35H44FN7O2/c1-5-27-29(36)9-8-24-17-26(44)18-31(32(24)27)41-15-11-28-30(20-41)37-34(45-22-35(12-13-35)21-40(3)4)38-33(28)42-14-6-7-25(19-42)43-16-10-23(2)39-43/h8-10,16-18,25,44H,5-7,11-15,19-22H2,1-4H3. The molecule has 0 amide bonds. The number of aromatic hydroxyl groups is 1. The maximum Gasteiger partial charge on any atom is 0.318 e. The van der Waals surface area contributed by atoms with E-state index < -0.39 is 0 Å². The van der Waals surface area contributed by atoms with E-state index in [0.29, 0.717) is 37.7 Å². The molecule has 0 spiro atoms. The Morgan fingerprint density at radius 3 is 2.69 bits per heavy atom. The Kier molecular flexibility index (Phi) is 7.79. The first-order chi connectivity index (χ1) is 21.7. The molecule has 1 N–H and O–H groups in total. The Bertz CT molecular complexity index is 1720. The molecule has 45 heavy (non-hydrogen) atoms. The lowest BCUT2D eigenvalue weighted by molar-refractivity contribution is 0.182. The van der Waals surface area contributed by atoms with Gasteiger partial charge in [-0.1, -0.05) is 13.0 Å². The van der Waals surface area contributed by atoms with Crippen LogP contribution in [0.4, 0.5) is 15.9 Å². The summed E-state index contributed by atoms with van der Waals surface area (Å²) in [7, 11) is 4.22. The molecular formula is C35H44FN7O2. The number of halogens is 1. The van der Waals surface area contributed by atoms with Gasteiger partial charge in [-0.2, -0.15) is 15.1 Å². The van der Waals surface area contributed by atoms with Gasteiger partial charge >= 0.3 is 6.01 Å². The fraction of sp³-hybridized carbons (Fsp3) is 0.514. The van der Waals surface area contributed by atoms with Crippen LogP contribution in [0.2, 0.25) is 0 Å². The summed E-state index contributed by atoms with van der Waals surface area (Å²) in [6.07, 6.45) is 7.82. The number of aromatic nitrogens is 4. The third-order valence-corrected chi connectivity index (χ3v) is 9.78. The van der Waals surface area contributed by atoms with Crippen LogP contribution in [0.1, 0.15) is 61.2 Å². The van der Waals surface area contributed by atoms with Crippen LogP contribution in [0.5, 0.6) is 11.8 Å². The van der Waals surface area contributed by atoms with E-state index in [1.165, 1.54) is 6.07 Å². The third-order valence-electron chi connectivity index (χ3n) is 9.78. The molecule has 0 bridgehead atoms. The SMILES string of the molecule is CCc1c(F)ccc2cc(O)cc(N3CCc4c(nc(OCC5(CN(C)C)CC5)nc4N4CCCC(n5ccc(C)n5)C4)C3)c12. The smallest absolute Gasteiger partial charge is 0.318 e. The molecule has 238 valence electrons. The molecule has 9 nitrogen and oxygen atoms in total. The fourth-order valence-corrected chi connectivity index (χ4v) is 7.40. The molecule has 7 rings (SSSR count). The highest BCUT2D eigenvalue weighted by molar-refractivity contribution is 5.98. The first-order valence-electron chi connectivity index (χ1n) is 16.3. The largest absolute Gasteiger partial charge is 0.508 e. The number of rotatable bonds is 9. The number of piperidine rings is 1. The van der Waals surface area contributed by atoms with Crippen molar-refractivity contribution in [2.75, 3.05) is 56.7 Å². The van der Waals surface area contributed by atoms with E-state index in [2.05, 4.69) is 45.7 Å². The predicted molar refractivity (Wildman–Crippen MR) is 175 cm³/mol. The van der Waals surface area contributed by atoms with E-state index in [9.17, 15) is 5.11 Å². The Morgan fingerprint density at radius 1 is 1.11 bits per heavy atom. The van der Waals surface area contributed by atoms with Gasteiger partial charge in [-0.15, -0.1) is 0 Å². The summed E-state index contributed by atoms with van der Waals surface area (Å²) < 4.78 is 23.5. The number of aryl methyl sites for hydroxylation is 2. The van der Waals surface area contributed by atoms with Crippen LogP contribution in [-0.2, 0) is 19.4 Å². The van der Waals surface area contributed by atoms with Crippen molar-refractivity contribution in [1.29, 1.82) is 0 Å². The highest BCUT2D eigenvalue weighted by atomic mass is 19.1. The molecule has 4 heterocycles. The summed E-state index contributed by atoms with van der Waals surface area (Å²) >= 11 is 0. The topological polar surface area (TPSA) is 82.8 Å². The third kappa shape index (κ3) is 5.92. The minimum absolute atomic E-state index is 0.157. The second kappa shape index (κ2) is 11.8. The molecule has 1 saturated carbocycles. The van der Waals surface area contributed by atoms with E-state index in [0.717, 1.165) is 91.0 Å². The molecule has 1 aliphatic carbocycles. The summed E-state index contributed by atoms with van der Waals surface area (Å²) in [5.74, 6) is 0.920. The van der Waals surface area contributed by atoms with Crippen LogP contribution in [0.3, 0.4) is 0 Å². The van der Waals surface area contributed by atoms with Crippen molar-refractivity contribution in [3.05, 3.63) is 64.9 Å². The lowest BCUT2D eigenvalue weighted by Crippen LogP contribution is -2.40. The number of phenolic OH excluding ortho intramolecular Hbond substituents is 1. The quantitative estimate of drug-likeness (QED) is 0.259. The van der Waals surface area contributed by atoms with E-state index in [1.54, 1.807) is 18.2 Å². The number of benzene rings is 2. The van der Waals surface area contributed by atoms with E-state index in [-0.39, 0.29) is 23.0 Å². The van der Waals surface area contributed by atoms with Gasteiger partial charge in [0.2, 0.25) is 0 Å². The second-order valence-corrected chi connectivity index (χ2v) is 13.6. The highest BCUT2D eigenvalue weighted by Gasteiger charge is 2.44. The van der Waals surface area contributed by atoms with Crippen LogP contribution in [0, 0.1) is 18.2 Å². The van der Waals surface area contributed by atoms with Gasteiger partial charge in [0, 0.05) is 60.5 Å². The minimum Gasteiger partial charge on any atom is -0.508 e. The average molecular weight is 614 g/mol. The average Bonchev–Trinajstić information content (AvgIpc) is 3.65. The van der Waals surface area contributed by atoms with E-state index in [1.807, 2.05) is 13.8 Å². The molecule has 3 aliphatic rings. The van der Waals surface area contributed by atoms with Crippen molar-refractivity contribution >= 4 is 22.3 Å². The van der Waals surface area contributed by atoms with Crippen molar-refractivity contribution in [2.45, 2.75) is 65.0 Å². The molecule has 1 atom stereocenters. The Morgan fingerprint density at radius 2 is 1.96 bits per heavy atom. The zero-order valence-electron chi connectivity index (χ0n) is 26.9. The number of hydrogen-bond acceptors (Lipinski definition) is 8. The van der Waals surface area contributed by atoms with Gasteiger partial charge in [-0.25, -0.2) is 4.39 Å². The van der Waals surface area contributed by atoms with Gasteiger partial charge in [0.15, 0.2) is 0 Å². The fourth-order valence-electron chi connectivity index (χ4n) is 7.40. The molecule has 2 aliphatic heterocycles. The summed E-state index contributed by atoms with van der Waals surface area (Å²) in [6.45, 7) is 8.57. The normalized spacial score (nSPS) is 19.3.